The second-order valence-corrected chi connectivity index (χ2v) is 6.09. The highest BCUT2D eigenvalue weighted by molar-refractivity contribution is 7.98. The summed E-state index contributed by atoms with van der Waals surface area (Å²) in [4.78, 5) is 14.2. The van der Waals surface area contributed by atoms with E-state index < -0.39 is 0 Å². The van der Waals surface area contributed by atoms with E-state index in [0.717, 1.165) is 11.3 Å². The Balaban J connectivity index is 1.83. The second-order valence-electron chi connectivity index (χ2n) is 5.13. The van der Waals surface area contributed by atoms with Gasteiger partial charge in [-0.05, 0) is 42.8 Å². The third kappa shape index (κ3) is 3.29. The molecule has 118 valence electrons. The van der Waals surface area contributed by atoms with Crippen LogP contribution in [0.5, 0.6) is 0 Å². The zero-order valence-corrected chi connectivity index (χ0v) is 13.8. The molecule has 0 aliphatic rings. The van der Waals surface area contributed by atoms with Crippen molar-refractivity contribution in [3.8, 4) is 5.69 Å². The molecule has 2 aromatic heterocycles. The van der Waals surface area contributed by atoms with E-state index in [2.05, 4.69) is 36.8 Å². The Morgan fingerprint density at radius 2 is 2.00 bits per heavy atom. The minimum absolute atomic E-state index is 0.239. The maximum Gasteiger partial charge on any atom is 0.273 e. The monoisotopic (exact) mass is 329 g/mol. The molecule has 0 aliphatic carbocycles. The average Bonchev–Trinajstić information content (AvgIpc) is 2.97. The second kappa shape index (κ2) is 6.29. The Kier molecular flexibility index (Phi) is 4.20. The zero-order valence-electron chi connectivity index (χ0n) is 12.9. The number of hydrogen-bond donors (Lipinski definition) is 1. The van der Waals surface area contributed by atoms with Crippen LogP contribution >= 0.6 is 11.8 Å². The van der Waals surface area contributed by atoms with Crippen molar-refractivity contribution in [1.29, 1.82) is 0 Å². The van der Waals surface area contributed by atoms with Gasteiger partial charge in [0.1, 0.15) is 5.69 Å². The lowest BCUT2D eigenvalue weighted by Gasteiger charge is -2.08. The fraction of sp³-hybridized carbons (Fsp3) is 0.286. The van der Waals surface area contributed by atoms with Crippen LogP contribution in [0.15, 0.2) is 28.2 Å². The van der Waals surface area contributed by atoms with E-state index in [1.54, 1.807) is 11.6 Å². The van der Waals surface area contributed by atoms with Crippen molar-refractivity contribution < 1.29 is 0 Å². The fourth-order valence-electron chi connectivity index (χ4n) is 2.10. The Morgan fingerprint density at radius 3 is 2.74 bits per heavy atom. The maximum absolute atomic E-state index is 11.5. The van der Waals surface area contributed by atoms with Crippen molar-refractivity contribution in [2.45, 2.75) is 31.7 Å². The van der Waals surface area contributed by atoms with Gasteiger partial charge in [-0.2, -0.15) is 4.68 Å². The van der Waals surface area contributed by atoms with E-state index in [4.69, 9.17) is 0 Å². The maximum atomic E-state index is 11.5. The van der Waals surface area contributed by atoms with Crippen LogP contribution in [0, 0.1) is 20.8 Å². The number of aromatic nitrogens is 7. The van der Waals surface area contributed by atoms with Gasteiger partial charge in [-0.3, -0.25) is 9.78 Å². The molecule has 0 amide bonds. The average molecular weight is 329 g/mol. The first kappa shape index (κ1) is 15.3. The molecule has 0 atom stereocenters. The molecular weight excluding hydrogens is 314 g/mol. The van der Waals surface area contributed by atoms with Crippen molar-refractivity contribution in [2.24, 2.45) is 0 Å². The summed E-state index contributed by atoms with van der Waals surface area (Å²) in [5.74, 6) is 1.14. The molecule has 0 aliphatic heterocycles. The molecule has 0 radical (unpaired) electrons. The molecule has 1 N–H and O–H groups in total. The lowest BCUT2D eigenvalue weighted by Crippen LogP contribution is -2.14. The van der Waals surface area contributed by atoms with Gasteiger partial charge in [0.05, 0.1) is 11.4 Å². The van der Waals surface area contributed by atoms with Gasteiger partial charge in [0, 0.05) is 0 Å². The van der Waals surface area contributed by atoms with Crippen molar-refractivity contribution in [3.63, 3.8) is 0 Å². The third-order valence-corrected chi connectivity index (χ3v) is 4.15. The molecule has 2 heterocycles. The molecule has 1 aromatic carbocycles. The number of nitrogens with zero attached hydrogens (tertiary/aromatic N) is 6. The molecule has 0 unspecified atom stereocenters. The molecule has 0 saturated carbocycles. The van der Waals surface area contributed by atoms with Crippen LogP contribution in [0.3, 0.4) is 0 Å². The molecule has 3 rings (SSSR count). The quantitative estimate of drug-likeness (QED) is 0.721. The predicted octanol–water partition coefficient (Wildman–Crippen LogP) is 1.36. The van der Waals surface area contributed by atoms with Crippen LogP contribution in [0.4, 0.5) is 0 Å². The van der Waals surface area contributed by atoms with E-state index in [1.807, 2.05) is 26.0 Å². The fourth-order valence-corrected chi connectivity index (χ4v) is 2.81. The minimum atomic E-state index is -0.239. The van der Waals surface area contributed by atoms with Crippen LogP contribution in [0.1, 0.15) is 22.6 Å². The predicted molar refractivity (Wildman–Crippen MR) is 85.6 cm³/mol. The summed E-state index contributed by atoms with van der Waals surface area (Å²) in [6.45, 7) is 5.67. The van der Waals surface area contributed by atoms with Crippen LogP contribution in [0.2, 0.25) is 0 Å². The summed E-state index contributed by atoms with van der Waals surface area (Å²) in [5.41, 5.74) is 3.31. The molecule has 23 heavy (non-hydrogen) atoms. The van der Waals surface area contributed by atoms with Gasteiger partial charge in [-0.1, -0.05) is 29.5 Å². The Labute approximate surface area is 136 Å². The Morgan fingerprint density at radius 1 is 1.17 bits per heavy atom. The Hall–Kier alpha value is -2.55. The number of aromatic amines is 1. The summed E-state index contributed by atoms with van der Waals surface area (Å²) in [6.07, 6.45) is 0. The highest BCUT2D eigenvalue weighted by atomic mass is 32.2. The first-order valence-corrected chi connectivity index (χ1v) is 7.94. The summed E-state index contributed by atoms with van der Waals surface area (Å²) in [7, 11) is 0. The van der Waals surface area contributed by atoms with Gasteiger partial charge >= 0.3 is 0 Å². The number of benzene rings is 1. The normalized spacial score (nSPS) is 10.9. The SMILES string of the molecule is Cc1ccc(-n2nnnc2CSc2nnc(C)c(=O)[nH]2)c(C)c1. The van der Waals surface area contributed by atoms with E-state index in [1.165, 1.54) is 17.3 Å². The van der Waals surface area contributed by atoms with Crippen molar-refractivity contribution in [1.82, 2.24) is 35.4 Å². The number of tetrazole rings is 1. The van der Waals surface area contributed by atoms with Gasteiger partial charge in [-0.15, -0.1) is 15.3 Å². The van der Waals surface area contributed by atoms with E-state index in [-0.39, 0.29) is 5.56 Å². The highest BCUT2D eigenvalue weighted by Crippen LogP contribution is 2.20. The first-order chi connectivity index (χ1) is 11.0. The molecule has 0 bridgehead atoms. The molecular formula is C14H15N7OS. The summed E-state index contributed by atoms with van der Waals surface area (Å²) in [5, 5.41) is 20.1. The number of H-pyrrole nitrogens is 1. The molecule has 3 aromatic rings. The largest absolute Gasteiger partial charge is 0.298 e. The van der Waals surface area contributed by atoms with Crippen LogP contribution in [-0.2, 0) is 5.75 Å². The number of hydrogen-bond acceptors (Lipinski definition) is 7. The van der Waals surface area contributed by atoms with Crippen LogP contribution < -0.4 is 5.56 Å². The number of rotatable bonds is 4. The third-order valence-electron chi connectivity index (χ3n) is 3.29. The lowest BCUT2D eigenvalue weighted by molar-refractivity contribution is 0.770. The Bertz CT molecular complexity index is 902. The summed E-state index contributed by atoms with van der Waals surface area (Å²) >= 11 is 1.33. The molecule has 0 spiro atoms. The number of nitrogens with one attached hydrogen (secondary N) is 1. The summed E-state index contributed by atoms with van der Waals surface area (Å²) in [6, 6.07) is 6.09. The van der Waals surface area contributed by atoms with Gasteiger partial charge < -0.3 is 0 Å². The van der Waals surface area contributed by atoms with Crippen molar-refractivity contribution in [3.05, 3.63) is 51.2 Å². The van der Waals surface area contributed by atoms with Crippen LogP contribution in [0.25, 0.3) is 5.69 Å². The molecule has 8 nitrogen and oxygen atoms in total. The van der Waals surface area contributed by atoms with Crippen molar-refractivity contribution >= 4 is 11.8 Å². The lowest BCUT2D eigenvalue weighted by atomic mass is 10.1. The molecule has 0 fully saturated rings. The topological polar surface area (TPSA) is 102 Å². The standard InChI is InChI=1S/C14H15N7OS/c1-8-4-5-11(9(2)6-8)21-12(17-19-20-21)7-23-14-15-13(22)10(3)16-18-14/h4-6H,7H2,1-3H3,(H,15,18,22). The summed E-state index contributed by atoms with van der Waals surface area (Å²) < 4.78 is 1.70. The van der Waals surface area contributed by atoms with Gasteiger partial charge in [-0.25, -0.2) is 0 Å². The van der Waals surface area contributed by atoms with Crippen molar-refractivity contribution in [2.75, 3.05) is 0 Å². The number of thioether (sulfide) groups is 1. The van der Waals surface area contributed by atoms with Crippen LogP contribution in [-0.4, -0.2) is 35.4 Å². The van der Waals surface area contributed by atoms with Gasteiger partial charge in [0.15, 0.2) is 11.0 Å². The minimum Gasteiger partial charge on any atom is -0.298 e. The smallest absolute Gasteiger partial charge is 0.273 e. The first-order valence-electron chi connectivity index (χ1n) is 6.96. The zero-order chi connectivity index (χ0) is 16.4. The number of aryl methyl sites for hydroxylation is 3. The highest BCUT2D eigenvalue weighted by Gasteiger charge is 2.12. The molecule has 0 saturated heterocycles. The van der Waals surface area contributed by atoms with E-state index in [0.29, 0.717) is 22.4 Å². The van der Waals surface area contributed by atoms with E-state index >= 15 is 0 Å². The van der Waals surface area contributed by atoms with Gasteiger partial charge in [0.25, 0.3) is 5.56 Å². The van der Waals surface area contributed by atoms with Gasteiger partial charge in [0.2, 0.25) is 0 Å². The molecule has 9 heteroatoms. The van der Waals surface area contributed by atoms with E-state index in [9.17, 15) is 4.79 Å².